The Balaban J connectivity index is 2.00. The number of benzene rings is 1. The molecule has 22 heavy (non-hydrogen) atoms. The molecule has 0 atom stereocenters. The topological polar surface area (TPSA) is 64.9 Å². The van der Waals surface area contributed by atoms with Crippen LogP contribution in [0.15, 0.2) is 30.0 Å². The molecule has 4 nitrogen and oxygen atoms in total. The highest BCUT2D eigenvalue weighted by molar-refractivity contribution is 6.36. The van der Waals surface area contributed by atoms with E-state index in [1.165, 1.54) is 31.5 Å². The van der Waals surface area contributed by atoms with Crippen LogP contribution < -0.4 is 10.6 Å². The summed E-state index contributed by atoms with van der Waals surface area (Å²) in [6.45, 7) is 0. The van der Waals surface area contributed by atoms with E-state index in [1.807, 2.05) is 6.07 Å². The molecule has 2 rings (SSSR count). The van der Waals surface area contributed by atoms with Crippen LogP contribution in [0.4, 0.5) is 5.69 Å². The normalized spacial score (nSPS) is 16.0. The Morgan fingerprint density at radius 3 is 2.64 bits per heavy atom. The van der Waals surface area contributed by atoms with Crippen LogP contribution in [0.3, 0.4) is 0 Å². The molecule has 0 saturated heterocycles. The highest BCUT2D eigenvalue weighted by Crippen LogP contribution is 2.25. The molecular formula is C16H17Cl2N3O. The van der Waals surface area contributed by atoms with E-state index in [2.05, 4.69) is 10.6 Å². The molecule has 1 aromatic carbocycles. The van der Waals surface area contributed by atoms with E-state index >= 15 is 0 Å². The molecule has 1 aliphatic rings. The van der Waals surface area contributed by atoms with E-state index < -0.39 is 5.91 Å². The molecule has 1 aliphatic carbocycles. The molecule has 2 N–H and O–H groups in total. The SMILES string of the molecule is N#C/C(=C/NC1CCCCC1)C(=O)Nc1ccc(Cl)cc1Cl. The molecule has 6 heteroatoms. The van der Waals surface area contributed by atoms with Crippen molar-refractivity contribution in [1.82, 2.24) is 5.32 Å². The minimum absolute atomic E-state index is 0.0246. The minimum Gasteiger partial charge on any atom is -0.387 e. The summed E-state index contributed by atoms with van der Waals surface area (Å²) >= 11 is 11.8. The van der Waals surface area contributed by atoms with Crippen molar-refractivity contribution in [2.45, 2.75) is 38.1 Å². The lowest BCUT2D eigenvalue weighted by Gasteiger charge is -2.21. The second kappa shape index (κ2) is 8.07. The zero-order valence-electron chi connectivity index (χ0n) is 12.0. The molecule has 0 heterocycles. The fourth-order valence-corrected chi connectivity index (χ4v) is 2.86. The highest BCUT2D eigenvalue weighted by Gasteiger charge is 2.14. The number of nitrogens with zero attached hydrogens (tertiary/aromatic N) is 1. The van der Waals surface area contributed by atoms with Gasteiger partial charge in [-0.25, -0.2) is 0 Å². The maximum atomic E-state index is 12.1. The van der Waals surface area contributed by atoms with Gasteiger partial charge >= 0.3 is 0 Å². The fraction of sp³-hybridized carbons (Fsp3) is 0.375. The lowest BCUT2D eigenvalue weighted by Crippen LogP contribution is -2.28. The quantitative estimate of drug-likeness (QED) is 0.637. The molecule has 0 radical (unpaired) electrons. The average Bonchev–Trinajstić information content (AvgIpc) is 2.52. The Kier molecular flexibility index (Phi) is 6.11. The number of nitrogens with one attached hydrogen (secondary N) is 2. The van der Waals surface area contributed by atoms with Crippen molar-refractivity contribution in [3.05, 3.63) is 40.0 Å². The smallest absolute Gasteiger partial charge is 0.267 e. The summed E-state index contributed by atoms with van der Waals surface area (Å²) in [5.74, 6) is -0.491. The van der Waals surface area contributed by atoms with Gasteiger partial charge in [0.2, 0.25) is 0 Å². The molecule has 1 saturated carbocycles. The van der Waals surface area contributed by atoms with Crippen molar-refractivity contribution in [3.63, 3.8) is 0 Å². The van der Waals surface area contributed by atoms with Crippen LogP contribution in [-0.4, -0.2) is 11.9 Å². The standard InChI is InChI=1S/C16H17Cl2N3O/c17-12-6-7-15(14(18)8-12)21-16(22)11(9-19)10-20-13-4-2-1-3-5-13/h6-8,10,13,20H,1-5H2,(H,21,22)/b11-10-. The first-order valence-electron chi connectivity index (χ1n) is 7.23. The van der Waals surface area contributed by atoms with Crippen molar-refractivity contribution in [2.24, 2.45) is 0 Å². The van der Waals surface area contributed by atoms with E-state index in [4.69, 9.17) is 28.5 Å². The van der Waals surface area contributed by atoms with Gasteiger partial charge in [0.25, 0.3) is 5.91 Å². The largest absolute Gasteiger partial charge is 0.387 e. The van der Waals surface area contributed by atoms with Crippen LogP contribution >= 0.6 is 23.2 Å². The van der Waals surface area contributed by atoms with Gasteiger partial charge in [0.1, 0.15) is 11.6 Å². The van der Waals surface area contributed by atoms with Crippen LogP contribution in [-0.2, 0) is 4.79 Å². The lowest BCUT2D eigenvalue weighted by molar-refractivity contribution is -0.112. The minimum atomic E-state index is -0.491. The van der Waals surface area contributed by atoms with Gasteiger partial charge in [0, 0.05) is 17.3 Å². The van der Waals surface area contributed by atoms with E-state index in [9.17, 15) is 4.79 Å². The van der Waals surface area contributed by atoms with Gasteiger partial charge in [-0.3, -0.25) is 4.79 Å². The Bertz CT molecular complexity index is 616. The Morgan fingerprint density at radius 1 is 1.27 bits per heavy atom. The van der Waals surface area contributed by atoms with Gasteiger partial charge in [-0.15, -0.1) is 0 Å². The molecule has 1 amide bonds. The summed E-state index contributed by atoms with van der Waals surface area (Å²) < 4.78 is 0. The summed E-state index contributed by atoms with van der Waals surface area (Å²) in [4.78, 5) is 12.1. The molecule has 116 valence electrons. The summed E-state index contributed by atoms with van der Waals surface area (Å²) in [6, 6.07) is 7.01. The van der Waals surface area contributed by atoms with Crippen LogP contribution in [0, 0.1) is 11.3 Å². The number of carbonyl (C=O) groups is 1. The molecular weight excluding hydrogens is 321 g/mol. The average molecular weight is 338 g/mol. The van der Waals surface area contributed by atoms with Gasteiger partial charge in [-0.05, 0) is 31.0 Å². The molecule has 0 unspecified atom stereocenters. The predicted molar refractivity (Wildman–Crippen MR) is 88.8 cm³/mol. The molecule has 1 aromatic rings. The van der Waals surface area contributed by atoms with Gasteiger partial charge in [0.15, 0.2) is 0 Å². The number of anilines is 1. The Morgan fingerprint density at radius 2 is 2.00 bits per heavy atom. The first-order chi connectivity index (χ1) is 10.6. The number of halogens is 2. The van der Waals surface area contributed by atoms with Gasteiger partial charge in [0.05, 0.1) is 10.7 Å². The molecule has 0 bridgehead atoms. The third-order valence-electron chi connectivity index (χ3n) is 3.61. The number of rotatable bonds is 4. The fourth-order valence-electron chi connectivity index (χ4n) is 2.40. The second-order valence-electron chi connectivity index (χ2n) is 5.25. The first-order valence-corrected chi connectivity index (χ1v) is 7.98. The van der Waals surface area contributed by atoms with E-state index in [-0.39, 0.29) is 5.57 Å². The number of carbonyl (C=O) groups excluding carboxylic acids is 1. The van der Waals surface area contributed by atoms with E-state index in [1.54, 1.807) is 12.1 Å². The third-order valence-corrected chi connectivity index (χ3v) is 4.16. The molecule has 0 aromatic heterocycles. The molecule has 0 aliphatic heterocycles. The van der Waals surface area contributed by atoms with Crippen molar-refractivity contribution < 1.29 is 4.79 Å². The van der Waals surface area contributed by atoms with Crippen molar-refractivity contribution in [2.75, 3.05) is 5.32 Å². The monoisotopic (exact) mass is 337 g/mol. The van der Waals surface area contributed by atoms with Crippen LogP contribution in [0.1, 0.15) is 32.1 Å². The Hall–Kier alpha value is -1.70. The highest BCUT2D eigenvalue weighted by atomic mass is 35.5. The number of nitriles is 1. The lowest BCUT2D eigenvalue weighted by atomic mass is 9.96. The maximum Gasteiger partial charge on any atom is 0.267 e. The van der Waals surface area contributed by atoms with Crippen LogP contribution in [0.25, 0.3) is 0 Å². The predicted octanol–water partition coefficient (Wildman–Crippen LogP) is 4.26. The van der Waals surface area contributed by atoms with E-state index in [0.717, 1.165) is 12.8 Å². The zero-order valence-corrected chi connectivity index (χ0v) is 13.5. The first kappa shape index (κ1) is 16.7. The van der Waals surface area contributed by atoms with Gasteiger partial charge < -0.3 is 10.6 Å². The molecule has 0 spiro atoms. The van der Waals surface area contributed by atoms with Gasteiger partial charge in [-0.1, -0.05) is 42.5 Å². The van der Waals surface area contributed by atoms with Crippen LogP contribution in [0.2, 0.25) is 10.0 Å². The van der Waals surface area contributed by atoms with Crippen LogP contribution in [0.5, 0.6) is 0 Å². The number of hydrogen-bond donors (Lipinski definition) is 2. The van der Waals surface area contributed by atoms with Gasteiger partial charge in [-0.2, -0.15) is 5.26 Å². The number of amides is 1. The zero-order chi connectivity index (χ0) is 15.9. The maximum absolute atomic E-state index is 12.1. The summed E-state index contributed by atoms with van der Waals surface area (Å²) in [5, 5.41) is 15.7. The Labute approximate surface area is 140 Å². The summed E-state index contributed by atoms with van der Waals surface area (Å²) in [6.07, 6.45) is 7.25. The summed E-state index contributed by atoms with van der Waals surface area (Å²) in [5.41, 5.74) is 0.450. The van der Waals surface area contributed by atoms with Crippen molar-refractivity contribution >= 4 is 34.8 Å². The third kappa shape index (κ3) is 4.66. The molecule has 1 fully saturated rings. The second-order valence-corrected chi connectivity index (χ2v) is 6.09. The van der Waals surface area contributed by atoms with E-state index in [0.29, 0.717) is 21.8 Å². The van der Waals surface area contributed by atoms with Crippen molar-refractivity contribution in [3.8, 4) is 6.07 Å². The summed E-state index contributed by atoms with van der Waals surface area (Å²) in [7, 11) is 0. The van der Waals surface area contributed by atoms with Crippen molar-refractivity contribution in [1.29, 1.82) is 5.26 Å². The number of hydrogen-bond acceptors (Lipinski definition) is 3.